The Kier molecular flexibility index (Phi) is 4.50. The lowest BCUT2D eigenvalue weighted by molar-refractivity contribution is 0.0696. The minimum Gasteiger partial charge on any atom is -0.506 e. The average molecular weight is 286 g/mol. The van der Waals surface area contributed by atoms with Gasteiger partial charge in [-0.05, 0) is 36.8 Å². The standard InChI is InChI=1S/C15H14N2O4/c1-10(14-7-6-13(18)8-16-14)17-21-9-11-2-4-12(5-3-11)15(19)20/h2-8,18H,9H2,1H3,(H,19,20). The summed E-state index contributed by atoms with van der Waals surface area (Å²) in [4.78, 5) is 19.9. The Labute approximate surface area is 121 Å². The minimum atomic E-state index is -0.963. The Bertz CT molecular complexity index is 648. The monoisotopic (exact) mass is 286 g/mol. The third-order valence-corrected chi connectivity index (χ3v) is 2.75. The van der Waals surface area contributed by atoms with Gasteiger partial charge in [0.15, 0.2) is 0 Å². The third kappa shape index (κ3) is 4.04. The molecule has 2 rings (SSSR count). The number of aromatic carboxylic acids is 1. The molecule has 0 spiro atoms. The second-order valence-corrected chi connectivity index (χ2v) is 4.35. The fraction of sp³-hybridized carbons (Fsp3) is 0.133. The van der Waals surface area contributed by atoms with Crippen molar-refractivity contribution >= 4 is 11.7 Å². The zero-order chi connectivity index (χ0) is 15.2. The van der Waals surface area contributed by atoms with Gasteiger partial charge in [-0.15, -0.1) is 0 Å². The fourth-order valence-corrected chi connectivity index (χ4v) is 1.59. The summed E-state index contributed by atoms with van der Waals surface area (Å²) in [6, 6.07) is 9.53. The molecule has 6 heteroatoms. The number of carboxylic acid groups (broad SMARTS) is 1. The minimum absolute atomic E-state index is 0.0889. The molecule has 2 aromatic rings. The summed E-state index contributed by atoms with van der Waals surface area (Å²) in [6.07, 6.45) is 1.33. The van der Waals surface area contributed by atoms with E-state index >= 15 is 0 Å². The molecule has 2 N–H and O–H groups in total. The van der Waals surface area contributed by atoms with E-state index in [4.69, 9.17) is 15.1 Å². The number of rotatable bonds is 5. The molecule has 1 heterocycles. The number of aromatic hydroxyl groups is 1. The Morgan fingerprint density at radius 1 is 1.24 bits per heavy atom. The van der Waals surface area contributed by atoms with Gasteiger partial charge < -0.3 is 15.1 Å². The maximum atomic E-state index is 10.7. The molecule has 1 aromatic carbocycles. The van der Waals surface area contributed by atoms with Gasteiger partial charge in [0.05, 0.1) is 17.5 Å². The van der Waals surface area contributed by atoms with Gasteiger partial charge in [0.25, 0.3) is 0 Å². The van der Waals surface area contributed by atoms with Crippen LogP contribution in [0.25, 0.3) is 0 Å². The summed E-state index contributed by atoms with van der Waals surface area (Å²) >= 11 is 0. The highest BCUT2D eigenvalue weighted by Crippen LogP contribution is 2.08. The second-order valence-electron chi connectivity index (χ2n) is 4.35. The van der Waals surface area contributed by atoms with E-state index < -0.39 is 5.97 Å². The van der Waals surface area contributed by atoms with Crippen LogP contribution < -0.4 is 0 Å². The van der Waals surface area contributed by atoms with Gasteiger partial charge in [-0.2, -0.15) is 0 Å². The van der Waals surface area contributed by atoms with Crippen LogP contribution in [0.5, 0.6) is 5.75 Å². The lowest BCUT2D eigenvalue weighted by Gasteiger charge is -2.03. The molecular weight excluding hydrogens is 272 g/mol. The Morgan fingerprint density at radius 2 is 1.95 bits per heavy atom. The van der Waals surface area contributed by atoms with Crippen molar-refractivity contribution in [3.63, 3.8) is 0 Å². The highest BCUT2D eigenvalue weighted by molar-refractivity contribution is 5.96. The molecule has 0 saturated heterocycles. The molecule has 21 heavy (non-hydrogen) atoms. The third-order valence-electron chi connectivity index (χ3n) is 2.75. The van der Waals surface area contributed by atoms with Gasteiger partial charge in [0, 0.05) is 0 Å². The highest BCUT2D eigenvalue weighted by Gasteiger charge is 2.03. The van der Waals surface area contributed by atoms with Gasteiger partial charge >= 0.3 is 5.97 Å². The Morgan fingerprint density at radius 3 is 2.52 bits per heavy atom. The molecule has 0 saturated carbocycles. The van der Waals surface area contributed by atoms with Gasteiger partial charge in [0.1, 0.15) is 18.1 Å². The molecule has 0 fully saturated rings. The van der Waals surface area contributed by atoms with Crippen molar-refractivity contribution in [1.82, 2.24) is 4.98 Å². The number of nitrogens with zero attached hydrogens (tertiary/aromatic N) is 2. The van der Waals surface area contributed by atoms with Gasteiger partial charge in [-0.3, -0.25) is 4.98 Å². The largest absolute Gasteiger partial charge is 0.506 e. The molecule has 1 aromatic heterocycles. The van der Waals surface area contributed by atoms with Crippen LogP contribution in [0.2, 0.25) is 0 Å². The smallest absolute Gasteiger partial charge is 0.335 e. The number of carbonyl (C=O) groups is 1. The molecule has 0 radical (unpaired) electrons. The fourth-order valence-electron chi connectivity index (χ4n) is 1.59. The van der Waals surface area contributed by atoms with Crippen molar-refractivity contribution in [2.24, 2.45) is 5.16 Å². The molecule has 0 aliphatic rings. The lowest BCUT2D eigenvalue weighted by atomic mass is 10.1. The van der Waals surface area contributed by atoms with E-state index in [1.807, 2.05) is 0 Å². The first kappa shape index (κ1) is 14.5. The van der Waals surface area contributed by atoms with Gasteiger partial charge in [-0.25, -0.2) is 4.79 Å². The maximum Gasteiger partial charge on any atom is 0.335 e. The summed E-state index contributed by atoms with van der Waals surface area (Å²) in [5.74, 6) is -0.874. The molecular formula is C15H14N2O4. The Balaban J connectivity index is 1.95. The van der Waals surface area contributed by atoms with Crippen LogP contribution in [0.4, 0.5) is 0 Å². The van der Waals surface area contributed by atoms with Crippen LogP contribution in [0.15, 0.2) is 47.8 Å². The number of benzene rings is 1. The summed E-state index contributed by atoms with van der Waals surface area (Å²) in [5, 5.41) is 21.9. The zero-order valence-electron chi connectivity index (χ0n) is 11.4. The van der Waals surface area contributed by atoms with Crippen LogP contribution in [0.3, 0.4) is 0 Å². The van der Waals surface area contributed by atoms with Crippen LogP contribution >= 0.6 is 0 Å². The van der Waals surface area contributed by atoms with E-state index in [1.54, 1.807) is 25.1 Å². The van der Waals surface area contributed by atoms with E-state index in [0.29, 0.717) is 11.4 Å². The first-order valence-electron chi connectivity index (χ1n) is 6.20. The van der Waals surface area contributed by atoms with Crippen molar-refractivity contribution in [2.75, 3.05) is 0 Å². The predicted octanol–water partition coefficient (Wildman–Crippen LogP) is 2.43. The summed E-state index contributed by atoms with van der Waals surface area (Å²) < 4.78 is 0. The summed E-state index contributed by atoms with van der Waals surface area (Å²) in [6.45, 7) is 1.97. The van der Waals surface area contributed by atoms with Crippen molar-refractivity contribution in [1.29, 1.82) is 0 Å². The normalized spacial score (nSPS) is 11.2. The van der Waals surface area contributed by atoms with Crippen LogP contribution in [-0.4, -0.2) is 26.9 Å². The SMILES string of the molecule is CC(=NOCc1ccc(C(=O)O)cc1)c1ccc(O)cn1. The maximum absolute atomic E-state index is 10.7. The number of carboxylic acids is 1. The quantitative estimate of drug-likeness (QED) is 0.650. The summed E-state index contributed by atoms with van der Waals surface area (Å²) in [7, 11) is 0. The Hall–Kier alpha value is -2.89. The van der Waals surface area contributed by atoms with Crippen molar-refractivity contribution in [2.45, 2.75) is 13.5 Å². The highest BCUT2D eigenvalue weighted by atomic mass is 16.6. The zero-order valence-corrected chi connectivity index (χ0v) is 11.4. The van der Waals surface area contributed by atoms with Gasteiger partial charge in [0.2, 0.25) is 0 Å². The van der Waals surface area contributed by atoms with E-state index in [2.05, 4.69) is 10.1 Å². The van der Waals surface area contributed by atoms with E-state index in [0.717, 1.165) is 5.56 Å². The number of pyridine rings is 1. The van der Waals surface area contributed by atoms with Crippen LogP contribution in [0, 0.1) is 0 Å². The van der Waals surface area contributed by atoms with E-state index in [1.165, 1.54) is 24.4 Å². The van der Waals surface area contributed by atoms with Crippen molar-refractivity contribution < 1.29 is 19.8 Å². The molecule has 6 nitrogen and oxygen atoms in total. The molecule has 0 aliphatic carbocycles. The molecule has 108 valence electrons. The number of oxime groups is 1. The molecule has 0 unspecified atom stereocenters. The van der Waals surface area contributed by atoms with Crippen LogP contribution in [0.1, 0.15) is 28.5 Å². The average Bonchev–Trinajstić information content (AvgIpc) is 2.48. The van der Waals surface area contributed by atoms with Gasteiger partial charge in [-0.1, -0.05) is 17.3 Å². The lowest BCUT2D eigenvalue weighted by Crippen LogP contribution is -2.00. The molecule has 0 aliphatic heterocycles. The molecule has 0 amide bonds. The van der Waals surface area contributed by atoms with Crippen LogP contribution in [-0.2, 0) is 11.4 Å². The number of hydrogen-bond donors (Lipinski definition) is 2. The molecule has 0 bridgehead atoms. The predicted molar refractivity (Wildman–Crippen MR) is 76.3 cm³/mol. The van der Waals surface area contributed by atoms with Crippen molar-refractivity contribution in [3.8, 4) is 5.75 Å². The topological polar surface area (TPSA) is 92.0 Å². The first-order valence-corrected chi connectivity index (χ1v) is 6.20. The number of hydrogen-bond acceptors (Lipinski definition) is 5. The second kappa shape index (κ2) is 6.51. The van der Waals surface area contributed by atoms with E-state index in [9.17, 15) is 4.79 Å². The first-order chi connectivity index (χ1) is 10.1. The summed E-state index contributed by atoms with van der Waals surface area (Å²) in [5.41, 5.74) is 2.23. The van der Waals surface area contributed by atoms with Crippen molar-refractivity contribution in [3.05, 3.63) is 59.4 Å². The van der Waals surface area contributed by atoms with E-state index in [-0.39, 0.29) is 17.9 Å². The molecule has 0 atom stereocenters. The number of aromatic nitrogens is 1.